The number of hydrogen-bond donors (Lipinski definition) is 2. The molecule has 0 aliphatic heterocycles. The molecular weight excluding hydrogens is 296 g/mol. The van der Waals surface area contributed by atoms with Crippen LogP contribution in [0.1, 0.15) is 41.7 Å². The second kappa shape index (κ2) is 9.77. The quantitative estimate of drug-likeness (QED) is 0.648. The Labute approximate surface area is 127 Å². The maximum absolute atomic E-state index is 11.5. The van der Waals surface area contributed by atoms with Crippen molar-refractivity contribution in [1.82, 2.24) is 10.3 Å². The van der Waals surface area contributed by atoms with Crippen LogP contribution in [0.25, 0.3) is 0 Å². The van der Waals surface area contributed by atoms with Crippen molar-refractivity contribution < 1.29 is 14.7 Å². The molecule has 1 aromatic rings. The first-order valence-electron chi connectivity index (χ1n) is 6.65. The number of thioether (sulfide) groups is 1. The highest BCUT2D eigenvalue weighted by Crippen LogP contribution is 2.10. The number of nitrogens with one attached hydrogen (secondary N) is 1. The Morgan fingerprint density at radius 3 is 2.90 bits per heavy atom. The molecule has 0 unspecified atom stereocenters. The van der Waals surface area contributed by atoms with Gasteiger partial charge in [0.25, 0.3) is 0 Å². The molecule has 20 heavy (non-hydrogen) atoms. The lowest BCUT2D eigenvalue weighted by atomic mass is 10.4. The maximum Gasteiger partial charge on any atom is 0.355 e. The van der Waals surface area contributed by atoms with Gasteiger partial charge in [-0.1, -0.05) is 13.3 Å². The lowest BCUT2D eigenvalue weighted by Crippen LogP contribution is -2.25. The van der Waals surface area contributed by atoms with Crippen LogP contribution in [0.2, 0.25) is 0 Å². The van der Waals surface area contributed by atoms with Crippen LogP contribution in [0.5, 0.6) is 0 Å². The van der Waals surface area contributed by atoms with E-state index in [2.05, 4.69) is 17.2 Å². The Bertz CT molecular complexity index is 435. The molecule has 1 rings (SSSR count). The van der Waals surface area contributed by atoms with Gasteiger partial charge in [-0.15, -0.1) is 11.3 Å². The predicted octanol–water partition coefficient (Wildman–Crippen LogP) is 2.42. The lowest BCUT2D eigenvalue weighted by molar-refractivity contribution is -0.120. The summed E-state index contributed by atoms with van der Waals surface area (Å²) in [7, 11) is 0. The highest BCUT2D eigenvalue weighted by molar-refractivity contribution is 7.99. The molecule has 0 saturated heterocycles. The monoisotopic (exact) mass is 316 g/mol. The lowest BCUT2D eigenvalue weighted by Gasteiger charge is -2.03. The van der Waals surface area contributed by atoms with E-state index in [1.807, 2.05) is 0 Å². The van der Waals surface area contributed by atoms with E-state index < -0.39 is 5.97 Å². The minimum Gasteiger partial charge on any atom is -0.476 e. The maximum atomic E-state index is 11.5. The molecule has 2 N–H and O–H groups in total. The minimum absolute atomic E-state index is 0.0454. The van der Waals surface area contributed by atoms with E-state index in [9.17, 15) is 9.59 Å². The topological polar surface area (TPSA) is 79.3 Å². The Morgan fingerprint density at radius 1 is 1.45 bits per heavy atom. The third-order valence-electron chi connectivity index (χ3n) is 2.55. The second-order valence-corrected chi connectivity index (χ2v) is 6.41. The Kier molecular flexibility index (Phi) is 8.29. The predicted molar refractivity (Wildman–Crippen MR) is 82.6 cm³/mol. The number of unbranched alkanes of at least 4 members (excludes halogenated alkanes) is 1. The summed E-state index contributed by atoms with van der Waals surface area (Å²) >= 11 is 3.12. The number of rotatable bonds is 10. The minimum atomic E-state index is -1.01. The molecule has 0 saturated carbocycles. The van der Waals surface area contributed by atoms with Crippen LogP contribution in [-0.2, 0) is 11.2 Å². The number of aromatic carboxylic acids is 1. The first-order chi connectivity index (χ1) is 9.63. The fourth-order valence-electron chi connectivity index (χ4n) is 1.43. The molecule has 0 aliphatic rings. The van der Waals surface area contributed by atoms with E-state index in [1.165, 1.54) is 29.6 Å². The number of thiazole rings is 1. The molecule has 0 atom stereocenters. The zero-order chi connectivity index (χ0) is 14.8. The van der Waals surface area contributed by atoms with Crippen LogP contribution < -0.4 is 5.32 Å². The largest absolute Gasteiger partial charge is 0.476 e. The van der Waals surface area contributed by atoms with Crippen molar-refractivity contribution in [2.45, 2.75) is 32.6 Å². The summed E-state index contributed by atoms with van der Waals surface area (Å²) in [4.78, 5) is 26.2. The smallest absolute Gasteiger partial charge is 0.355 e. The van der Waals surface area contributed by atoms with E-state index >= 15 is 0 Å². The van der Waals surface area contributed by atoms with Gasteiger partial charge in [0, 0.05) is 30.5 Å². The van der Waals surface area contributed by atoms with Crippen LogP contribution in [0.4, 0.5) is 0 Å². The molecular formula is C13H20N2O3S2. The number of aromatic nitrogens is 1. The summed E-state index contributed by atoms with van der Waals surface area (Å²) < 4.78 is 0. The number of carbonyl (C=O) groups excluding carboxylic acids is 1. The fourth-order valence-corrected chi connectivity index (χ4v) is 3.23. The van der Waals surface area contributed by atoms with Gasteiger partial charge in [0.05, 0.1) is 5.01 Å². The molecule has 5 nitrogen and oxygen atoms in total. The van der Waals surface area contributed by atoms with Gasteiger partial charge < -0.3 is 10.4 Å². The molecule has 0 aliphatic carbocycles. The highest BCUT2D eigenvalue weighted by atomic mass is 32.2. The van der Waals surface area contributed by atoms with Crippen molar-refractivity contribution >= 4 is 35.0 Å². The number of carboxylic acid groups (broad SMARTS) is 1. The van der Waals surface area contributed by atoms with Crippen LogP contribution in [0, 0.1) is 0 Å². The summed E-state index contributed by atoms with van der Waals surface area (Å²) in [5, 5.41) is 13.8. The van der Waals surface area contributed by atoms with E-state index in [0.29, 0.717) is 19.4 Å². The van der Waals surface area contributed by atoms with Crippen LogP contribution in [0.3, 0.4) is 0 Å². The van der Waals surface area contributed by atoms with Gasteiger partial charge in [-0.05, 0) is 12.2 Å². The molecule has 1 aromatic heterocycles. The molecule has 1 heterocycles. The van der Waals surface area contributed by atoms with E-state index in [0.717, 1.165) is 16.5 Å². The van der Waals surface area contributed by atoms with E-state index in [1.54, 1.807) is 11.8 Å². The van der Waals surface area contributed by atoms with Crippen molar-refractivity contribution in [2.75, 3.05) is 18.1 Å². The number of amides is 1. The van der Waals surface area contributed by atoms with Gasteiger partial charge in [-0.2, -0.15) is 11.8 Å². The molecule has 0 bridgehead atoms. The number of nitrogens with zero attached hydrogens (tertiary/aromatic N) is 1. The van der Waals surface area contributed by atoms with Crippen LogP contribution in [-0.4, -0.2) is 40.0 Å². The summed E-state index contributed by atoms with van der Waals surface area (Å²) in [6, 6.07) is 0. The van der Waals surface area contributed by atoms with E-state index in [4.69, 9.17) is 5.11 Å². The summed E-state index contributed by atoms with van der Waals surface area (Å²) in [5.41, 5.74) is 0.0728. The molecule has 0 aromatic carbocycles. The summed E-state index contributed by atoms with van der Waals surface area (Å²) in [6.07, 6.45) is 3.49. The normalized spacial score (nSPS) is 10.4. The molecule has 0 spiro atoms. The first kappa shape index (κ1) is 17.0. The Hall–Kier alpha value is -1.08. The molecule has 0 fully saturated rings. The zero-order valence-electron chi connectivity index (χ0n) is 11.6. The molecule has 1 amide bonds. The summed E-state index contributed by atoms with van der Waals surface area (Å²) in [5.74, 6) is 0.997. The highest BCUT2D eigenvalue weighted by Gasteiger charge is 2.08. The number of carbonyl (C=O) groups is 2. The van der Waals surface area contributed by atoms with Gasteiger partial charge in [0.15, 0.2) is 5.69 Å². The third-order valence-corrected chi connectivity index (χ3v) is 4.53. The number of hydrogen-bond acceptors (Lipinski definition) is 5. The molecule has 7 heteroatoms. The third kappa shape index (κ3) is 6.91. The molecule has 0 radical (unpaired) electrons. The average Bonchev–Trinajstić information content (AvgIpc) is 2.87. The van der Waals surface area contributed by atoms with Crippen molar-refractivity contribution in [2.24, 2.45) is 0 Å². The van der Waals surface area contributed by atoms with Crippen molar-refractivity contribution in [3.63, 3.8) is 0 Å². The van der Waals surface area contributed by atoms with Gasteiger partial charge in [-0.25, -0.2) is 9.78 Å². The van der Waals surface area contributed by atoms with Gasteiger partial charge in [-0.3, -0.25) is 4.79 Å². The Morgan fingerprint density at radius 2 is 2.25 bits per heavy atom. The van der Waals surface area contributed by atoms with Gasteiger partial charge >= 0.3 is 5.97 Å². The van der Waals surface area contributed by atoms with Crippen molar-refractivity contribution in [3.8, 4) is 0 Å². The van der Waals surface area contributed by atoms with E-state index in [-0.39, 0.29) is 11.6 Å². The average molecular weight is 316 g/mol. The summed E-state index contributed by atoms with van der Waals surface area (Å²) in [6.45, 7) is 2.66. The molecule has 112 valence electrons. The van der Waals surface area contributed by atoms with Gasteiger partial charge in [0.2, 0.25) is 5.91 Å². The fraction of sp³-hybridized carbons (Fsp3) is 0.615. The second-order valence-electron chi connectivity index (χ2n) is 4.25. The standard InChI is InChI=1S/C13H20N2O3S2/c1-2-3-7-19-8-5-11(16)14-6-4-12-15-10(9-20-12)13(17)18/h9H,2-8H2,1H3,(H,14,16)(H,17,18). The SMILES string of the molecule is CCCCSCCC(=O)NCCc1nc(C(=O)O)cs1. The van der Waals surface area contributed by atoms with Crippen molar-refractivity contribution in [1.29, 1.82) is 0 Å². The van der Waals surface area contributed by atoms with Crippen molar-refractivity contribution in [3.05, 3.63) is 16.1 Å². The van der Waals surface area contributed by atoms with Gasteiger partial charge in [0.1, 0.15) is 0 Å². The zero-order valence-corrected chi connectivity index (χ0v) is 13.2. The Balaban J connectivity index is 2.10. The first-order valence-corrected chi connectivity index (χ1v) is 8.69. The van der Waals surface area contributed by atoms with Crippen LogP contribution >= 0.6 is 23.1 Å². The number of carboxylic acids is 1. The van der Waals surface area contributed by atoms with Crippen LogP contribution in [0.15, 0.2) is 5.38 Å².